The monoisotopic (exact) mass is 389 g/mol. The Kier molecular flexibility index (Phi) is 5.81. The predicted octanol–water partition coefficient (Wildman–Crippen LogP) is 4.03. The summed E-state index contributed by atoms with van der Waals surface area (Å²) >= 11 is 1.48. The number of fused-ring (bicyclic) bond motifs is 1. The second kappa shape index (κ2) is 8.45. The van der Waals surface area contributed by atoms with E-state index in [9.17, 15) is 0 Å². The van der Waals surface area contributed by atoms with E-state index in [1.165, 1.54) is 11.3 Å². The van der Waals surface area contributed by atoms with Crippen LogP contribution >= 0.6 is 11.3 Å². The quantitative estimate of drug-likeness (QED) is 0.301. The third-order valence-corrected chi connectivity index (χ3v) is 4.99. The lowest BCUT2D eigenvalue weighted by atomic mass is 10.2. The molecule has 28 heavy (non-hydrogen) atoms. The van der Waals surface area contributed by atoms with Crippen molar-refractivity contribution >= 4 is 34.8 Å². The van der Waals surface area contributed by atoms with Crippen molar-refractivity contribution in [3.05, 3.63) is 61.7 Å². The minimum atomic E-state index is 0.492. The van der Waals surface area contributed by atoms with Gasteiger partial charge in [0.25, 0.3) is 0 Å². The molecule has 0 unspecified atom stereocenters. The van der Waals surface area contributed by atoms with E-state index in [0.717, 1.165) is 32.2 Å². The highest BCUT2D eigenvalue weighted by Gasteiger charge is 2.17. The molecule has 0 aliphatic rings. The number of hydrogen-bond acceptors (Lipinski definition) is 6. The third kappa shape index (κ3) is 3.49. The fraction of sp³-hybridized carbons (Fsp3) is 0.100. The average molecular weight is 389 g/mol. The molecule has 7 nitrogen and oxygen atoms in total. The minimum Gasteiger partial charge on any atom is -0.350 e. The van der Waals surface area contributed by atoms with Gasteiger partial charge in [0, 0.05) is 43.6 Å². The molecule has 4 aromatic heterocycles. The van der Waals surface area contributed by atoms with Crippen LogP contribution in [0.25, 0.3) is 32.2 Å². The van der Waals surface area contributed by atoms with Gasteiger partial charge in [-0.05, 0) is 31.0 Å². The van der Waals surface area contributed by atoms with Crippen LogP contribution < -0.4 is 0 Å². The van der Waals surface area contributed by atoms with Crippen LogP contribution in [0, 0.1) is 0 Å². The Labute approximate surface area is 166 Å². The topological polar surface area (TPSA) is 81.2 Å². The van der Waals surface area contributed by atoms with Crippen LogP contribution in [-0.2, 0) is 7.05 Å². The first kappa shape index (κ1) is 19.2. The highest BCUT2D eigenvalue weighted by Crippen LogP contribution is 2.33. The summed E-state index contributed by atoms with van der Waals surface area (Å²) in [6, 6.07) is 7.82. The number of aliphatic imine (C=N–C) groups is 2. The Morgan fingerprint density at radius 1 is 1.18 bits per heavy atom. The smallest absolute Gasteiger partial charge is 0.172 e. The molecule has 4 heterocycles. The molecule has 0 bridgehead atoms. The average Bonchev–Trinajstić information content (AvgIpc) is 3.38. The summed E-state index contributed by atoms with van der Waals surface area (Å²) in [5.41, 5.74) is 3.37. The van der Waals surface area contributed by atoms with E-state index >= 15 is 0 Å². The predicted molar refractivity (Wildman–Crippen MR) is 116 cm³/mol. The van der Waals surface area contributed by atoms with Crippen molar-refractivity contribution in [2.24, 2.45) is 17.0 Å². The van der Waals surface area contributed by atoms with E-state index in [1.807, 2.05) is 42.1 Å². The standard InChI is InChI=1S/C18H15N7S.C2H4/c1-19-16(20-2)13-9-14-12(6-8-25(14)3)15(22-13)18-24-23-17(26-18)11-5-4-7-21-10-11;1-2/h4-10H,1H2,2-3H3;1-2H2. The maximum absolute atomic E-state index is 4.75. The fourth-order valence-corrected chi connectivity index (χ4v) is 3.57. The summed E-state index contributed by atoms with van der Waals surface area (Å²) in [7, 11) is 3.66. The Bertz CT molecular complexity index is 1140. The third-order valence-electron chi connectivity index (χ3n) is 4.01. The summed E-state index contributed by atoms with van der Waals surface area (Å²) in [6.07, 6.45) is 5.50. The fourth-order valence-electron chi connectivity index (χ4n) is 2.73. The van der Waals surface area contributed by atoms with Gasteiger partial charge < -0.3 is 4.57 Å². The van der Waals surface area contributed by atoms with Crippen LogP contribution in [0.2, 0.25) is 0 Å². The number of rotatable bonds is 3. The summed E-state index contributed by atoms with van der Waals surface area (Å²) in [5.74, 6) is 0.492. The van der Waals surface area contributed by atoms with Crippen LogP contribution in [0.1, 0.15) is 5.69 Å². The van der Waals surface area contributed by atoms with E-state index in [4.69, 9.17) is 4.98 Å². The largest absolute Gasteiger partial charge is 0.350 e. The van der Waals surface area contributed by atoms with Gasteiger partial charge in [-0.25, -0.2) is 9.98 Å². The molecule has 0 radical (unpaired) electrons. The molecule has 0 saturated carbocycles. The minimum absolute atomic E-state index is 0.492. The Morgan fingerprint density at radius 2 is 1.96 bits per heavy atom. The molecule has 140 valence electrons. The highest BCUT2D eigenvalue weighted by atomic mass is 32.1. The van der Waals surface area contributed by atoms with Gasteiger partial charge in [-0.2, -0.15) is 0 Å². The number of aromatic nitrogens is 5. The number of nitrogens with zero attached hydrogens (tertiary/aromatic N) is 7. The van der Waals surface area contributed by atoms with Crippen molar-refractivity contribution in [1.82, 2.24) is 24.7 Å². The Morgan fingerprint density at radius 3 is 2.64 bits per heavy atom. The SMILES string of the molecule is C=C.C=NC(=NC)c1cc2c(ccn2C)c(-c2nnc(-c3cccnc3)s2)n1. The normalized spacial score (nSPS) is 11.1. The van der Waals surface area contributed by atoms with Gasteiger partial charge in [-0.15, -0.1) is 23.4 Å². The van der Waals surface area contributed by atoms with Crippen LogP contribution in [0.15, 0.2) is 66.0 Å². The molecule has 0 spiro atoms. The van der Waals surface area contributed by atoms with Crippen molar-refractivity contribution in [3.8, 4) is 21.3 Å². The van der Waals surface area contributed by atoms with Gasteiger partial charge >= 0.3 is 0 Å². The molecule has 0 aliphatic heterocycles. The van der Waals surface area contributed by atoms with Gasteiger partial charge in [0.05, 0.1) is 5.52 Å². The highest BCUT2D eigenvalue weighted by molar-refractivity contribution is 7.18. The summed E-state index contributed by atoms with van der Waals surface area (Å²) in [4.78, 5) is 17.0. The van der Waals surface area contributed by atoms with Gasteiger partial charge in [-0.3, -0.25) is 9.98 Å². The van der Waals surface area contributed by atoms with Crippen LogP contribution in [-0.4, -0.2) is 44.3 Å². The zero-order chi connectivity index (χ0) is 20.1. The van der Waals surface area contributed by atoms with Crippen molar-refractivity contribution in [3.63, 3.8) is 0 Å². The van der Waals surface area contributed by atoms with E-state index in [2.05, 4.69) is 45.0 Å². The number of hydrogen-bond donors (Lipinski definition) is 0. The summed E-state index contributed by atoms with van der Waals surface area (Å²) < 4.78 is 2.03. The lowest BCUT2D eigenvalue weighted by Crippen LogP contribution is -2.02. The lowest BCUT2D eigenvalue weighted by molar-refractivity contribution is 0.967. The first-order chi connectivity index (χ1) is 13.7. The maximum Gasteiger partial charge on any atom is 0.172 e. The van der Waals surface area contributed by atoms with E-state index in [0.29, 0.717) is 11.5 Å². The van der Waals surface area contributed by atoms with Crippen molar-refractivity contribution in [2.45, 2.75) is 0 Å². The summed E-state index contributed by atoms with van der Waals surface area (Å²) in [5, 5.41) is 11.2. The number of aryl methyl sites for hydroxylation is 1. The van der Waals surface area contributed by atoms with Gasteiger partial charge in [0.1, 0.15) is 16.4 Å². The molecular weight excluding hydrogens is 370 g/mol. The zero-order valence-corrected chi connectivity index (χ0v) is 16.5. The second-order valence-electron chi connectivity index (χ2n) is 5.57. The lowest BCUT2D eigenvalue weighted by Gasteiger charge is -2.05. The van der Waals surface area contributed by atoms with Gasteiger partial charge in [0.2, 0.25) is 0 Å². The first-order valence-electron chi connectivity index (χ1n) is 8.35. The number of amidine groups is 1. The molecular formula is C20H19N7S. The molecule has 0 aromatic carbocycles. The van der Waals surface area contributed by atoms with Crippen LogP contribution in [0.4, 0.5) is 0 Å². The van der Waals surface area contributed by atoms with Crippen molar-refractivity contribution in [2.75, 3.05) is 7.05 Å². The van der Waals surface area contributed by atoms with E-state index < -0.39 is 0 Å². The molecule has 4 rings (SSSR count). The van der Waals surface area contributed by atoms with E-state index in [1.54, 1.807) is 19.4 Å². The molecule has 4 aromatic rings. The Balaban J connectivity index is 0.00000109. The van der Waals surface area contributed by atoms with Crippen molar-refractivity contribution < 1.29 is 0 Å². The molecule has 0 aliphatic carbocycles. The zero-order valence-electron chi connectivity index (χ0n) is 15.7. The molecule has 0 N–H and O–H groups in total. The van der Waals surface area contributed by atoms with Gasteiger partial charge in [-0.1, -0.05) is 11.3 Å². The Hall–Kier alpha value is -3.52. The van der Waals surface area contributed by atoms with Crippen LogP contribution in [0.3, 0.4) is 0 Å². The van der Waals surface area contributed by atoms with E-state index in [-0.39, 0.29) is 0 Å². The molecule has 0 amide bonds. The van der Waals surface area contributed by atoms with Crippen LogP contribution in [0.5, 0.6) is 0 Å². The maximum atomic E-state index is 4.75. The first-order valence-corrected chi connectivity index (χ1v) is 9.17. The summed E-state index contributed by atoms with van der Waals surface area (Å²) in [6.45, 7) is 9.58. The molecule has 0 saturated heterocycles. The van der Waals surface area contributed by atoms with Gasteiger partial charge in [0.15, 0.2) is 10.8 Å². The molecule has 8 heteroatoms. The molecule has 0 fully saturated rings. The second-order valence-corrected chi connectivity index (χ2v) is 6.55. The number of pyridine rings is 2. The molecule has 0 atom stereocenters. The van der Waals surface area contributed by atoms with Crippen molar-refractivity contribution in [1.29, 1.82) is 0 Å².